The monoisotopic (exact) mass is 406 g/mol. The second kappa shape index (κ2) is 7.89. The van der Waals surface area contributed by atoms with E-state index in [0.29, 0.717) is 24.2 Å². The Kier molecular flexibility index (Phi) is 5.71. The first-order valence-corrected chi connectivity index (χ1v) is 10.5. The van der Waals surface area contributed by atoms with Gasteiger partial charge in [-0.15, -0.1) is 0 Å². The molecule has 150 valence electrons. The number of rotatable bonds is 4. The quantitative estimate of drug-likeness (QED) is 0.846. The van der Waals surface area contributed by atoms with Crippen molar-refractivity contribution in [1.82, 2.24) is 4.90 Å². The van der Waals surface area contributed by atoms with Gasteiger partial charge in [-0.25, -0.2) is 12.8 Å². The number of nitrogens with zero attached hydrogens (tertiary/aromatic N) is 1. The zero-order valence-electron chi connectivity index (χ0n) is 16.0. The summed E-state index contributed by atoms with van der Waals surface area (Å²) in [5.41, 5.74) is 0.825. The molecule has 1 aliphatic heterocycles. The first-order chi connectivity index (χ1) is 13.2. The maximum atomic E-state index is 13.8. The number of sulfonamides is 1. The lowest BCUT2D eigenvalue weighted by Crippen LogP contribution is -2.48. The standard InChI is InChI=1S/C20H23FN2O4S/c1-13-8-9-16(28(25,26)22-19-7-5-4-6-18(19)21)10-17(13)20(24)23-11-14(2)27-15(3)12-23/h4-10,14-15,22H,11-12H2,1-3H3/t14-,15+. The summed E-state index contributed by atoms with van der Waals surface area (Å²) in [6, 6.07) is 9.83. The highest BCUT2D eigenvalue weighted by atomic mass is 32.2. The van der Waals surface area contributed by atoms with Gasteiger partial charge in [0.25, 0.3) is 15.9 Å². The molecule has 1 amide bonds. The van der Waals surface area contributed by atoms with Gasteiger partial charge in [0.15, 0.2) is 0 Å². The molecule has 6 nitrogen and oxygen atoms in total. The van der Waals surface area contributed by atoms with Crippen molar-refractivity contribution >= 4 is 21.6 Å². The van der Waals surface area contributed by atoms with Crippen LogP contribution in [0.15, 0.2) is 47.4 Å². The summed E-state index contributed by atoms with van der Waals surface area (Å²) >= 11 is 0. The van der Waals surface area contributed by atoms with Crippen molar-refractivity contribution in [3.63, 3.8) is 0 Å². The van der Waals surface area contributed by atoms with E-state index >= 15 is 0 Å². The van der Waals surface area contributed by atoms with Crippen LogP contribution >= 0.6 is 0 Å². The van der Waals surface area contributed by atoms with Gasteiger partial charge in [-0.05, 0) is 50.6 Å². The van der Waals surface area contributed by atoms with Crippen molar-refractivity contribution in [1.29, 1.82) is 0 Å². The van der Waals surface area contributed by atoms with Crippen molar-refractivity contribution in [2.45, 2.75) is 37.9 Å². The molecule has 3 rings (SSSR count). The molecule has 2 aromatic rings. The third-order valence-electron chi connectivity index (χ3n) is 4.57. The molecule has 28 heavy (non-hydrogen) atoms. The van der Waals surface area contributed by atoms with Crippen LogP contribution in [0.4, 0.5) is 10.1 Å². The predicted octanol–water partition coefficient (Wildman–Crippen LogP) is 3.18. The Labute approximate surface area is 164 Å². The number of amides is 1. The highest BCUT2D eigenvalue weighted by molar-refractivity contribution is 7.92. The van der Waals surface area contributed by atoms with Gasteiger partial charge in [-0.2, -0.15) is 0 Å². The van der Waals surface area contributed by atoms with Gasteiger partial charge in [0, 0.05) is 18.7 Å². The van der Waals surface area contributed by atoms with E-state index in [1.54, 1.807) is 17.9 Å². The molecule has 0 radical (unpaired) electrons. The molecule has 0 spiro atoms. The Morgan fingerprint density at radius 3 is 2.43 bits per heavy atom. The number of nitrogens with one attached hydrogen (secondary N) is 1. The van der Waals surface area contributed by atoms with Gasteiger partial charge in [-0.1, -0.05) is 18.2 Å². The minimum atomic E-state index is -4.05. The summed E-state index contributed by atoms with van der Waals surface area (Å²) in [5.74, 6) is -0.923. The highest BCUT2D eigenvalue weighted by Gasteiger charge is 2.28. The van der Waals surface area contributed by atoms with Crippen LogP contribution in [-0.2, 0) is 14.8 Å². The molecule has 8 heteroatoms. The fraction of sp³-hybridized carbons (Fsp3) is 0.350. The molecule has 1 fully saturated rings. The largest absolute Gasteiger partial charge is 0.372 e. The Balaban J connectivity index is 1.90. The van der Waals surface area contributed by atoms with Crippen LogP contribution in [0.5, 0.6) is 0 Å². The molecule has 1 N–H and O–H groups in total. The molecule has 2 atom stereocenters. The lowest BCUT2D eigenvalue weighted by molar-refractivity contribution is -0.0586. The summed E-state index contributed by atoms with van der Waals surface area (Å²) in [4.78, 5) is 14.6. The lowest BCUT2D eigenvalue weighted by atomic mass is 10.1. The molecule has 0 aliphatic carbocycles. The number of benzene rings is 2. The average molecular weight is 406 g/mol. The van der Waals surface area contributed by atoms with Gasteiger partial charge in [0.2, 0.25) is 0 Å². The van der Waals surface area contributed by atoms with Crippen molar-refractivity contribution in [3.8, 4) is 0 Å². The normalized spacial score (nSPS) is 20.1. The second-order valence-electron chi connectivity index (χ2n) is 7.03. The molecular weight excluding hydrogens is 383 g/mol. The topological polar surface area (TPSA) is 75.7 Å². The van der Waals surface area contributed by atoms with E-state index < -0.39 is 15.8 Å². The van der Waals surface area contributed by atoms with Gasteiger partial charge >= 0.3 is 0 Å². The minimum absolute atomic E-state index is 0.0948. The summed E-state index contributed by atoms with van der Waals surface area (Å²) in [7, 11) is -4.05. The molecule has 1 heterocycles. The maximum Gasteiger partial charge on any atom is 0.262 e. The van der Waals surface area contributed by atoms with Crippen molar-refractivity contribution in [3.05, 3.63) is 59.4 Å². The first kappa shape index (κ1) is 20.3. The summed E-state index contributed by atoms with van der Waals surface area (Å²) in [6.45, 7) is 6.41. The molecule has 2 aromatic carbocycles. The zero-order valence-corrected chi connectivity index (χ0v) is 16.8. The SMILES string of the molecule is Cc1ccc(S(=O)(=O)Nc2ccccc2F)cc1C(=O)N1C[C@@H](C)O[C@@H](C)C1. The molecule has 0 aromatic heterocycles. The Bertz CT molecular complexity index is 983. The number of anilines is 1. The molecule has 1 aliphatic rings. The van der Waals surface area contributed by atoms with Crippen LogP contribution in [-0.4, -0.2) is 44.5 Å². The van der Waals surface area contributed by atoms with Crippen molar-refractivity contribution in [2.24, 2.45) is 0 Å². The lowest BCUT2D eigenvalue weighted by Gasteiger charge is -2.35. The van der Waals surface area contributed by atoms with Gasteiger partial charge < -0.3 is 9.64 Å². The number of morpholine rings is 1. The van der Waals surface area contributed by atoms with Gasteiger partial charge in [0.1, 0.15) is 5.82 Å². The van der Waals surface area contributed by atoms with E-state index in [9.17, 15) is 17.6 Å². The summed E-state index contributed by atoms with van der Waals surface area (Å²) in [6.07, 6.45) is -0.190. The number of halogens is 1. The number of hydrogen-bond donors (Lipinski definition) is 1. The first-order valence-electron chi connectivity index (χ1n) is 9.00. The molecule has 1 saturated heterocycles. The third-order valence-corrected chi connectivity index (χ3v) is 5.94. The Morgan fingerprint density at radius 2 is 1.79 bits per heavy atom. The number of para-hydroxylation sites is 1. The predicted molar refractivity (Wildman–Crippen MR) is 104 cm³/mol. The fourth-order valence-corrected chi connectivity index (χ4v) is 4.35. The molecular formula is C20H23FN2O4S. The van der Waals surface area contributed by atoms with E-state index in [4.69, 9.17) is 4.74 Å². The van der Waals surface area contributed by atoms with Crippen LogP contribution in [0, 0.1) is 12.7 Å². The van der Waals surface area contributed by atoms with Gasteiger partial charge in [-0.3, -0.25) is 9.52 Å². The number of carbonyl (C=O) groups is 1. The minimum Gasteiger partial charge on any atom is -0.372 e. The second-order valence-corrected chi connectivity index (χ2v) is 8.71. The van der Waals surface area contributed by atoms with Crippen molar-refractivity contribution < 1.29 is 22.3 Å². The number of hydrogen-bond acceptors (Lipinski definition) is 4. The van der Waals surface area contributed by atoms with Crippen LogP contribution in [0.2, 0.25) is 0 Å². The summed E-state index contributed by atoms with van der Waals surface area (Å²) < 4.78 is 47.1. The van der Waals surface area contributed by atoms with Crippen molar-refractivity contribution in [2.75, 3.05) is 17.8 Å². The smallest absolute Gasteiger partial charge is 0.262 e. The fourth-order valence-electron chi connectivity index (χ4n) is 3.26. The Morgan fingerprint density at radius 1 is 1.14 bits per heavy atom. The van der Waals surface area contributed by atoms with Crippen LogP contribution < -0.4 is 4.72 Å². The third kappa shape index (κ3) is 4.34. The molecule has 0 bridgehead atoms. The van der Waals surface area contributed by atoms with Crippen LogP contribution in [0.3, 0.4) is 0 Å². The zero-order chi connectivity index (χ0) is 20.5. The summed E-state index contributed by atoms with van der Waals surface area (Å²) in [5, 5.41) is 0. The number of carbonyl (C=O) groups excluding carboxylic acids is 1. The van der Waals surface area contributed by atoms with E-state index in [0.717, 1.165) is 0 Å². The number of ether oxygens (including phenoxy) is 1. The Hall–Kier alpha value is -2.45. The maximum absolute atomic E-state index is 13.8. The number of aryl methyl sites for hydroxylation is 1. The van der Waals surface area contributed by atoms with E-state index in [2.05, 4.69) is 4.72 Å². The van der Waals surface area contributed by atoms with E-state index in [1.165, 1.54) is 36.4 Å². The van der Waals surface area contributed by atoms with Gasteiger partial charge in [0.05, 0.1) is 22.8 Å². The molecule has 0 saturated carbocycles. The molecule has 0 unspecified atom stereocenters. The van der Waals surface area contributed by atoms with E-state index in [-0.39, 0.29) is 28.7 Å². The highest BCUT2D eigenvalue weighted by Crippen LogP contribution is 2.23. The van der Waals surface area contributed by atoms with E-state index in [1.807, 2.05) is 13.8 Å². The van der Waals surface area contributed by atoms with Crippen LogP contribution in [0.25, 0.3) is 0 Å². The van der Waals surface area contributed by atoms with Crippen LogP contribution in [0.1, 0.15) is 29.8 Å². The average Bonchev–Trinajstić information content (AvgIpc) is 2.62.